The molecule has 1 heterocycles. The molecule has 6 N–H and O–H groups in total. The predicted octanol–water partition coefficient (Wildman–Crippen LogP) is 15.8. The Morgan fingerprint density at radius 1 is 0.500 bits per heavy atom. The van der Waals surface area contributed by atoms with Gasteiger partial charge in [-0.25, -0.2) is 0 Å². The minimum absolute atomic E-state index is 0.108. The molecule has 0 saturated carbocycles. The van der Waals surface area contributed by atoms with Crippen LogP contribution in [0.3, 0.4) is 0 Å². The topological polar surface area (TPSA) is 175 Å². The Morgan fingerprint density at radius 2 is 0.885 bits per heavy atom. The average molecular weight is 1100 g/mol. The summed E-state index contributed by atoms with van der Waals surface area (Å²) in [5.74, 6) is -1.21. The number of amides is 1. The zero-order valence-corrected chi connectivity index (χ0v) is 50.3. The summed E-state index contributed by atoms with van der Waals surface area (Å²) in [7, 11) is 0. The number of ether oxygens (including phenoxy) is 3. The maximum atomic E-state index is 13.4. The highest BCUT2D eigenvalue weighted by Crippen LogP contribution is 2.26. The third-order valence-electron chi connectivity index (χ3n) is 15.1. The highest BCUT2D eigenvalue weighted by Gasteiger charge is 2.47. The number of unbranched alkanes of at least 4 members (excludes halogenated alkanes) is 33. The minimum Gasteiger partial charge on any atom is -0.454 e. The Labute approximate surface area is 478 Å². The minimum atomic E-state index is -1.62. The standard InChI is InChI=1S/C67H121NO10/c1-4-7-10-13-16-19-22-25-27-29-31-33-35-37-40-43-46-49-52-55-62(72)78-65-64(74)63(73)61(56-69)77-67(65)76-57-58(59(70)53-50-47-44-41-38-24-21-18-15-12-9-6-3)68-66(75)60(71)54-51-48-45-42-39-36-34-32-30-28-26-23-20-17-14-11-8-5-2/h16,19,25-28,31,33,50,53,58-61,63-65,67,69-71,73-74H,4-15,17-18,20-24,29-30,32,34-49,51-52,54-57H2,1-3H3,(H,68,75)/b19-16-,27-25-,28-26+,33-31-,53-50+. The molecule has 1 rings (SSSR count). The van der Waals surface area contributed by atoms with Crippen LogP contribution in [-0.4, -0.2) is 99.6 Å². The Bertz CT molecular complexity index is 1500. The van der Waals surface area contributed by atoms with Crippen molar-refractivity contribution in [2.24, 2.45) is 0 Å². The average Bonchev–Trinajstić information content (AvgIpc) is 3.45. The van der Waals surface area contributed by atoms with Gasteiger partial charge in [0.15, 0.2) is 12.4 Å². The first kappa shape index (κ1) is 73.4. The Morgan fingerprint density at radius 3 is 1.36 bits per heavy atom. The smallest absolute Gasteiger partial charge is 0.306 e. The van der Waals surface area contributed by atoms with Gasteiger partial charge in [0.2, 0.25) is 5.91 Å². The van der Waals surface area contributed by atoms with Gasteiger partial charge in [0.05, 0.1) is 25.4 Å². The van der Waals surface area contributed by atoms with Crippen LogP contribution in [0.25, 0.3) is 0 Å². The van der Waals surface area contributed by atoms with Crippen LogP contribution in [0.15, 0.2) is 60.8 Å². The molecule has 1 fully saturated rings. The summed E-state index contributed by atoms with van der Waals surface area (Å²) in [6, 6.07) is -1.03. The molecule has 1 aliphatic heterocycles. The van der Waals surface area contributed by atoms with Gasteiger partial charge in [0.1, 0.15) is 24.4 Å². The molecule has 0 aromatic rings. The third kappa shape index (κ3) is 42.2. The van der Waals surface area contributed by atoms with Crippen molar-refractivity contribution in [3.63, 3.8) is 0 Å². The van der Waals surface area contributed by atoms with Crippen molar-refractivity contribution >= 4 is 11.9 Å². The molecule has 454 valence electrons. The lowest BCUT2D eigenvalue weighted by Crippen LogP contribution is -2.61. The van der Waals surface area contributed by atoms with E-state index in [0.29, 0.717) is 12.8 Å². The molecular formula is C67H121NO10. The fourth-order valence-corrected chi connectivity index (χ4v) is 9.95. The molecule has 0 bridgehead atoms. The van der Waals surface area contributed by atoms with E-state index in [-0.39, 0.29) is 19.4 Å². The number of carbonyl (C=O) groups is 2. The van der Waals surface area contributed by atoms with Gasteiger partial charge in [-0.3, -0.25) is 9.59 Å². The van der Waals surface area contributed by atoms with Crippen LogP contribution < -0.4 is 5.32 Å². The van der Waals surface area contributed by atoms with Gasteiger partial charge in [0, 0.05) is 6.42 Å². The fraction of sp³-hybridized carbons (Fsp3) is 0.821. The van der Waals surface area contributed by atoms with Crippen molar-refractivity contribution in [2.45, 2.75) is 339 Å². The summed E-state index contributed by atoms with van der Waals surface area (Å²) >= 11 is 0. The monoisotopic (exact) mass is 1100 g/mol. The fourth-order valence-electron chi connectivity index (χ4n) is 9.95. The third-order valence-corrected chi connectivity index (χ3v) is 15.1. The van der Waals surface area contributed by atoms with E-state index in [4.69, 9.17) is 14.2 Å². The lowest BCUT2D eigenvalue weighted by atomic mass is 9.99. The van der Waals surface area contributed by atoms with Crippen molar-refractivity contribution in [3.8, 4) is 0 Å². The van der Waals surface area contributed by atoms with E-state index in [2.05, 4.69) is 74.7 Å². The zero-order valence-electron chi connectivity index (χ0n) is 50.3. The van der Waals surface area contributed by atoms with E-state index in [1.807, 2.05) is 6.08 Å². The molecule has 1 saturated heterocycles. The first-order valence-electron chi connectivity index (χ1n) is 32.6. The van der Waals surface area contributed by atoms with E-state index >= 15 is 0 Å². The molecule has 11 heteroatoms. The van der Waals surface area contributed by atoms with E-state index in [0.717, 1.165) is 96.3 Å². The lowest BCUT2D eigenvalue weighted by molar-refractivity contribution is -0.305. The quantitative estimate of drug-likeness (QED) is 0.0195. The molecule has 0 aliphatic carbocycles. The normalized spacial score (nSPS) is 19.3. The number of hydrogen-bond donors (Lipinski definition) is 6. The molecule has 0 aromatic carbocycles. The maximum Gasteiger partial charge on any atom is 0.306 e. The number of aliphatic hydroxyl groups excluding tert-OH is 5. The van der Waals surface area contributed by atoms with Crippen LogP contribution in [0.5, 0.6) is 0 Å². The summed E-state index contributed by atoms with van der Waals surface area (Å²) in [6.45, 7) is 5.77. The molecule has 8 unspecified atom stereocenters. The molecule has 0 aromatic heterocycles. The Balaban J connectivity index is 2.66. The van der Waals surface area contributed by atoms with Crippen LogP contribution in [0.2, 0.25) is 0 Å². The van der Waals surface area contributed by atoms with Crippen LogP contribution in [-0.2, 0) is 23.8 Å². The second kappa shape index (κ2) is 54.9. The first-order valence-corrected chi connectivity index (χ1v) is 32.6. The Kier molecular flexibility index (Phi) is 51.7. The first-order chi connectivity index (χ1) is 38.2. The van der Waals surface area contributed by atoms with Crippen LogP contribution >= 0.6 is 0 Å². The molecule has 11 nitrogen and oxygen atoms in total. The van der Waals surface area contributed by atoms with Crippen molar-refractivity contribution < 1.29 is 49.3 Å². The van der Waals surface area contributed by atoms with Crippen molar-refractivity contribution in [2.75, 3.05) is 13.2 Å². The van der Waals surface area contributed by atoms with Gasteiger partial charge in [-0.2, -0.15) is 0 Å². The van der Waals surface area contributed by atoms with Gasteiger partial charge >= 0.3 is 5.97 Å². The number of nitrogens with one attached hydrogen (secondary N) is 1. The predicted molar refractivity (Wildman–Crippen MR) is 324 cm³/mol. The van der Waals surface area contributed by atoms with E-state index in [1.165, 1.54) is 148 Å². The molecule has 1 aliphatic rings. The zero-order chi connectivity index (χ0) is 56.8. The molecule has 78 heavy (non-hydrogen) atoms. The van der Waals surface area contributed by atoms with Crippen LogP contribution in [0, 0.1) is 0 Å². The molecule has 8 atom stereocenters. The number of aliphatic hydroxyl groups is 5. The van der Waals surface area contributed by atoms with Gasteiger partial charge in [0.25, 0.3) is 0 Å². The van der Waals surface area contributed by atoms with E-state index in [9.17, 15) is 35.1 Å². The SMILES string of the molecule is CCCCC/C=C\C/C=C\C/C=C\CCCCCCCCC(=O)OC1C(OCC(NC(=O)C(O)CCCCCCCCCC/C=C/CCCCCCCC)C(O)/C=C/CCCCCCCCCCCC)OC(CO)C(O)C1O. The van der Waals surface area contributed by atoms with Crippen molar-refractivity contribution in [1.29, 1.82) is 0 Å². The highest BCUT2D eigenvalue weighted by atomic mass is 16.7. The van der Waals surface area contributed by atoms with Gasteiger partial charge in [-0.1, -0.05) is 255 Å². The van der Waals surface area contributed by atoms with Crippen LogP contribution in [0.1, 0.15) is 290 Å². The molecule has 0 radical (unpaired) electrons. The highest BCUT2D eigenvalue weighted by molar-refractivity contribution is 5.80. The summed E-state index contributed by atoms with van der Waals surface area (Å²) in [5.41, 5.74) is 0. The van der Waals surface area contributed by atoms with Gasteiger partial charge in [-0.05, 0) is 89.9 Å². The van der Waals surface area contributed by atoms with Crippen molar-refractivity contribution in [3.05, 3.63) is 60.8 Å². The number of rotatable bonds is 55. The van der Waals surface area contributed by atoms with E-state index in [1.54, 1.807) is 6.08 Å². The van der Waals surface area contributed by atoms with Crippen molar-refractivity contribution in [1.82, 2.24) is 5.32 Å². The van der Waals surface area contributed by atoms with Crippen LogP contribution in [0.4, 0.5) is 0 Å². The summed E-state index contributed by atoms with van der Waals surface area (Å²) < 4.78 is 17.6. The summed E-state index contributed by atoms with van der Waals surface area (Å²) in [4.78, 5) is 26.6. The number of carbonyl (C=O) groups excluding carboxylic acids is 2. The second-order valence-electron chi connectivity index (χ2n) is 22.5. The number of allylic oxidation sites excluding steroid dienone is 9. The summed E-state index contributed by atoms with van der Waals surface area (Å²) in [6.07, 6.45) is 58.2. The molecule has 1 amide bonds. The largest absolute Gasteiger partial charge is 0.454 e. The van der Waals surface area contributed by atoms with Gasteiger partial charge in [-0.15, -0.1) is 0 Å². The van der Waals surface area contributed by atoms with Gasteiger partial charge < -0.3 is 45.1 Å². The van der Waals surface area contributed by atoms with E-state index < -0.39 is 67.4 Å². The molecular weight excluding hydrogens is 979 g/mol. The summed E-state index contributed by atoms with van der Waals surface area (Å²) in [5, 5.41) is 57.1. The lowest BCUT2D eigenvalue weighted by Gasteiger charge is -2.41. The second-order valence-corrected chi connectivity index (χ2v) is 22.5. The Hall–Kier alpha value is -2.64. The maximum absolute atomic E-state index is 13.4. The number of hydrogen-bond acceptors (Lipinski definition) is 10. The number of esters is 1. The molecule has 0 spiro atoms.